The van der Waals surface area contributed by atoms with E-state index in [1.54, 1.807) is 6.07 Å². The first-order valence-electron chi connectivity index (χ1n) is 10.4. The number of benzene rings is 1. The van der Waals surface area contributed by atoms with Gasteiger partial charge < -0.3 is 20.6 Å². The molecule has 1 unspecified atom stereocenters. The van der Waals surface area contributed by atoms with Crippen LogP contribution in [-0.2, 0) is 25.4 Å². The summed E-state index contributed by atoms with van der Waals surface area (Å²) < 4.78 is 44.9. The number of hydrogen-bond donors (Lipinski definition) is 3. The Morgan fingerprint density at radius 2 is 2.15 bits per heavy atom. The van der Waals surface area contributed by atoms with Crippen molar-refractivity contribution < 1.29 is 27.9 Å². The number of carbonyl (C=O) groups is 2. The van der Waals surface area contributed by atoms with Crippen molar-refractivity contribution in [2.24, 2.45) is 5.92 Å². The standard InChI is InChI=1S/C21H21F3N6O3/c22-16-2-1-14(7-13(16)8-25)27-19(31)29-6-4-17-15(11-29)18-21(23,24)5-3-12(9-26-20(32)33)10-30(18)28-17/h1-2,7,12,26H,3-6,9-11H2,(H,27,31)(H,32,33). The van der Waals surface area contributed by atoms with Gasteiger partial charge in [-0.05, 0) is 30.5 Å². The normalized spacial score (nSPS) is 19.0. The second kappa shape index (κ2) is 8.65. The summed E-state index contributed by atoms with van der Waals surface area (Å²) in [5.74, 6) is -4.21. The average Bonchev–Trinajstić information content (AvgIpc) is 3.08. The van der Waals surface area contributed by atoms with E-state index >= 15 is 8.78 Å². The molecule has 0 fully saturated rings. The van der Waals surface area contributed by atoms with E-state index < -0.39 is 30.3 Å². The van der Waals surface area contributed by atoms with E-state index in [1.807, 2.05) is 0 Å². The first kappa shape index (κ1) is 22.4. The summed E-state index contributed by atoms with van der Waals surface area (Å²) in [6.07, 6.45) is -1.25. The Bertz CT molecular complexity index is 1140. The van der Waals surface area contributed by atoms with Gasteiger partial charge in [-0.3, -0.25) is 4.68 Å². The molecule has 9 nitrogen and oxygen atoms in total. The highest BCUT2D eigenvalue weighted by Crippen LogP contribution is 2.41. The quantitative estimate of drug-likeness (QED) is 0.646. The Labute approximate surface area is 186 Å². The van der Waals surface area contributed by atoms with E-state index in [1.165, 1.54) is 21.7 Å². The predicted molar refractivity (Wildman–Crippen MR) is 109 cm³/mol. The molecule has 1 aromatic heterocycles. The molecule has 2 aromatic rings. The Kier molecular flexibility index (Phi) is 5.88. The summed E-state index contributed by atoms with van der Waals surface area (Å²) in [7, 11) is 0. The number of aromatic nitrogens is 2. The van der Waals surface area contributed by atoms with Crippen LogP contribution in [0, 0.1) is 23.1 Å². The van der Waals surface area contributed by atoms with E-state index in [0.717, 1.165) is 6.07 Å². The Hall–Kier alpha value is -3.75. The summed E-state index contributed by atoms with van der Waals surface area (Å²) in [5.41, 5.74) is 0.555. The number of amides is 3. The molecule has 0 radical (unpaired) electrons. The molecule has 0 saturated heterocycles. The van der Waals surface area contributed by atoms with Crippen LogP contribution >= 0.6 is 0 Å². The number of fused-ring (bicyclic) bond motifs is 3. The SMILES string of the molecule is N#Cc1cc(NC(=O)N2CCc3nn4c(c3C2)C(F)(F)CCC(CNC(=O)O)C4)ccc1F. The van der Waals surface area contributed by atoms with E-state index in [9.17, 15) is 14.0 Å². The lowest BCUT2D eigenvalue weighted by Gasteiger charge is -2.28. The van der Waals surface area contributed by atoms with E-state index in [2.05, 4.69) is 15.7 Å². The Morgan fingerprint density at radius 1 is 1.36 bits per heavy atom. The molecule has 0 bridgehead atoms. The molecule has 3 heterocycles. The highest BCUT2D eigenvalue weighted by molar-refractivity contribution is 5.89. The number of urea groups is 1. The minimum absolute atomic E-state index is 0.0479. The van der Waals surface area contributed by atoms with Crippen LogP contribution in [0.5, 0.6) is 0 Å². The number of anilines is 1. The second-order valence-corrected chi connectivity index (χ2v) is 8.16. The van der Waals surface area contributed by atoms with Crippen molar-refractivity contribution in [2.75, 3.05) is 18.4 Å². The zero-order valence-corrected chi connectivity index (χ0v) is 17.4. The lowest BCUT2D eigenvalue weighted by molar-refractivity contribution is -0.0217. The predicted octanol–water partition coefficient (Wildman–Crippen LogP) is 3.25. The minimum atomic E-state index is -3.17. The number of halogens is 3. The Morgan fingerprint density at radius 3 is 2.88 bits per heavy atom. The summed E-state index contributed by atoms with van der Waals surface area (Å²) >= 11 is 0. The third kappa shape index (κ3) is 4.57. The fourth-order valence-electron chi connectivity index (χ4n) is 4.27. The number of rotatable bonds is 3. The van der Waals surface area contributed by atoms with Gasteiger partial charge in [0.05, 0.1) is 17.8 Å². The number of carboxylic acid groups (broad SMARTS) is 1. The van der Waals surface area contributed by atoms with Gasteiger partial charge in [0.25, 0.3) is 5.92 Å². The van der Waals surface area contributed by atoms with Crippen molar-refractivity contribution in [3.05, 3.63) is 46.5 Å². The van der Waals surface area contributed by atoms with Crippen molar-refractivity contribution >= 4 is 17.8 Å². The number of alkyl halides is 2. The molecule has 4 rings (SSSR count). The van der Waals surface area contributed by atoms with Gasteiger partial charge in [-0.2, -0.15) is 19.1 Å². The van der Waals surface area contributed by atoms with Crippen LogP contribution in [0.4, 0.5) is 28.4 Å². The molecular weight excluding hydrogens is 441 g/mol. The van der Waals surface area contributed by atoms with Crippen molar-refractivity contribution in [3.63, 3.8) is 0 Å². The van der Waals surface area contributed by atoms with Crippen LogP contribution in [0.1, 0.15) is 35.4 Å². The largest absolute Gasteiger partial charge is 0.465 e. The number of carbonyl (C=O) groups excluding carboxylic acids is 1. The summed E-state index contributed by atoms with van der Waals surface area (Å²) in [6.45, 7) is 0.372. The summed E-state index contributed by atoms with van der Waals surface area (Å²) in [5, 5.41) is 26.9. The smallest absolute Gasteiger partial charge is 0.404 e. The molecule has 0 saturated carbocycles. The highest BCUT2D eigenvalue weighted by atomic mass is 19.3. The Balaban J connectivity index is 1.54. The first-order valence-corrected chi connectivity index (χ1v) is 10.4. The van der Waals surface area contributed by atoms with Crippen molar-refractivity contribution in [3.8, 4) is 6.07 Å². The molecule has 1 atom stereocenters. The maximum absolute atomic E-state index is 15.1. The molecule has 12 heteroatoms. The highest BCUT2D eigenvalue weighted by Gasteiger charge is 2.43. The lowest BCUT2D eigenvalue weighted by Crippen LogP contribution is -2.39. The first-order chi connectivity index (χ1) is 15.7. The molecule has 3 amide bonds. The summed E-state index contributed by atoms with van der Waals surface area (Å²) in [6, 6.07) is 4.72. The van der Waals surface area contributed by atoms with Gasteiger partial charge in [0.1, 0.15) is 17.6 Å². The minimum Gasteiger partial charge on any atom is -0.465 e. The van der Waals surface area contributed by atoms with E-state index in [0.29, 0.717) is 11.3 Å². The third-order valence-electron chi connectivity index (χ3n) is 5.91. The zero-order chi connectivity index (χ0) is 23.8. The molecule has 2 aliphatic heterocycles. The zero-order valence-electron chi connectivity index (χ0n) is 17.4. The van der Waals surface area contributed by atoms with Crippen LogP contribution < -0.4 is 10.6 Å². The van der Waals surface area contributed by atoms with Crippen LogP contribution in [-0.4, -0.2) is 45.0 Å². The molecule has 2 aliphatic rings. The van der Waals surface area contributed by atoms with E-state index in [4.69, 9.17) is 10.4 Å². The van der Waals surface area contributed by atoms with Crippen LogP contribution in [0.2, 0.25) is 0 Å². The van der Waals surface area contributed by atoms with Gasteiger partial charge in [-0.1, -0.05) is 0 Å². The molecule has 0 spiro atoms. The van der Waals surface area contributed by atoms with Gasteiger partial charge in [0, 0.05) is 43.7 Å². The fraction of sp³-hybridized carbons (Fsp3) is 0.429. The lowest BCUT2D eigenvalue weighted by atomic mass is 9.98. The molecule has 174 valence electrons. The topological polar surface area (TPSA) is 123 Å². The fourth-order valence-corrected chi connectivity index (χ4v) is 4.27. The van der Waals surface area contributed by atoms with Crippen molar-refractivity contribution in [1.29, 1.82) is 5.26 Å². The molecular formula is C21H21F3N6O3. The molecule has 1 aromatic carbocycles. The summed E-state index contributed by atoms with van der Waals surface area (Å²) in [4.78, 5) is 24.9. The number of hydrogen-bond acceptors (Lipinski definition) is 4. The average molecular weight is 462 g/mol. The van der Waals surface area contributed by atoms with Crippen LogP contribution in [0.3, 0.4) is 0 Å². The number of nitrogens with one attached hydrogen (secondary N) is 2. The van der Waals surface area contributed by atoms with Gasteiger partial charge >= 0.3 is 12.1 Å². The van der Waals surface area contributed by atoms with Gasteiger partial charge in [-0.25, -0.2) is 14.0 Å². The van der Waals surface area contributed by atoms with E-state index in [-0.39, 0.29) is 61.9 Å². The molecule has 0 aliphatic carbocycles. The van der Waals surface area contributed by atoms with Crippen LogP contribution in [0.25, 0.3) is 0 Å². The second-order valence-electron chi connectivity index (χ2n) is 8.16. The van der Waals surface area contributed by atoms with Crippen molar-refractivity contribution in [2.45, 2.75) is 38.3 Å². The van der Waals surface area contributed by atoms with Gasteiger partial charge in [-0.15, -0.1) is 0 Å². The molecule has 3 N–H and O–H groups in total. The number of nitrogens with zero attached hydrogens (tertiary/aromatic N) is 4. The monoisotopic (exact) mass is 462 g/mol. The van der Waals surface area contributed by atoms with Crippen molar-refractivity contribution in [1.82, 2.24) is 20.0 Å². The molecule has 33 heavy (non-hydrogen) atoms. The maximum atomic E-state index is 15.1. The number of nitriles is 1. The van der Waals surface area contributed by atoms with Gasteiger partial charge in [0.2, 0.25) is 0 Å². The third-order valence-corrected chi connectivity index (χ3v) is 5.91. The van der Waals surface area contributed by atoms with Gasteiger partial charge in [0.15, 0.2) is 0 Å². The van der Waals surface area contributed by atoms with Crippen LogP contribution in [0.15, 0.2) is 18.2 Å². The maximum Gasteiger partial charge on any atom is 0.404 e.